The van der Waals surface area contributed by atoms with Crippen LogP contribution in [0, 0.1) is 0 Å². The molecule has 0 aliphatic heterocycles. The van der Waals surface area contributed by atoms with Crippen molar-refractivity contribution in [2.45, 2.75) is 6.42 Å². The lowest BCUT2D eigenvalue weighted by Crippen LogP contribution is -2.08. The van der Waals surface area contributed by atoms with Gasteiger partial charge in [0.1, 0.15) is 0 Å². The smallest absolute Gasteiger partial charge is 0.182 e. The predicted octanol–water partition coefficient (Wildman–Crippen LogP) is 0.218. The molecule has 2 N–H and O–H groups in total. The molecule has 0 saturated heterocycles. The molecule has 82 valence electrons. The van der Waals surface area contributed by atoms with Crippen LogP contribution in [0.4, 0.5) is 5.69 Å². The maximum atomic E-state index is 11.8. The molecule has 0 saturated carbocycles. The largest absolute Gasteiger partial charge is 0.398 e. The first kappa shape index (κ1) is 10.3. The van der Waals surface area contributed by atoms with Gasteiger partial charge in [0.05, 0.1) is 13.5 Å². The quantitative estimate of drug-likeness (QED) is 0.587. The first-order valence-electron chi connectivity index (χ1n) is 4.77. The maximum absolute atomic E-state index is 11.8. The lowest BCUT2D eigenvalue weighted by atomic mass is 10.1. The van der Waals surface area contributed by atoms with Crippen LogP contribution in [-0.4, -0.2) is 26.0 Å². The van der Waals surface area contributed by atoms with Gasteiger partial charge in [-0.3, -0.25) is 4.79 Å². The predicted molar refractivity (Wildman–Crippen MR) is 57.7 cm³/mol. The van der Waals surface area contributed by atoms with E-state index in [2.05, 4.69) is 15.4 Å². The van der Waals surface area contributed by atoms with E-state index in [4.69, 9.17) is 5.73 Å². The van der Waals surface area contributed by atoms with Gasteiger partial charge in [-0.25, -0.2) is 0 Å². The fourth-order valence-corrected chi connectivity index (χ4v) is 1.38. The number of carbonyl (C=O) groups is 1. The number of ketones is 1. The van der Waals surface area contributed by atoms with Crippen LogP contribution in [0.25, 0.3) is 0 Å². The van der Waals surface area contributed by atoms with E-state index >= 15 is 0 Å². The summed E-state index contributed by atoms with van der Waals surface area (Å²) in [6.07, 6.45) is 0.113. The number of aromatic nitrogens is 4. The Bertz CT molecular complexity index is 519. The minimum absolute atomic E-state index is 0.105. The number of Topliss-reactive ketones (excluding diaryl/α,β-unsaturated/α-hetero) is 1. The molecule has 2 rings (SSSR count). The molecule has 1 heterocycles. The van der Waals surface area contributed by atoms with Gasteiger partial charge in [0.2, 0.25) is 0 Å². The van der Waals surface area contributed by atoms with Gasteiger partial charge in [0.25, 0.3) is 0 Å². The van der Waals surface area contributed by atoms with Crippen molar-refractivity contribution in [2.75, 3.05) is 5.73 Å². The molecule has 6 heteroatoms. The summed E-state index contributed by atoms with van der Waals surface area (Å²) in [5, 5.41) is 11.3. The number of aryl methyl sites for hydroxylation is 1. The Hall–Kier alpha value is -2.24. The van der Waals surface area contributed by atoms with E-state index in [1.54, 1.807) is 31.3 Å². The lowest BCUT2D eigenvalue weighted by Gasteiger charge is -2.01. The SMILES string of the molecule is Cn1nnc(CC(=O)c2ccccc2N)n1. The van der Waals surface area contributed by atoms with E-state index in [1.165, 1.54) is 4.80 Å². The number of tetrazole rings is 1. The highest BCUT2D eigenvalue weighted by Crippen LogP contribution is 2.12. The summed E-state index contributed by atoms with van der Waals surface area (Å²) in [5.74, 6) is 0.293. The molecule has 6 nitrogen and oxygen atoms in total. The number of nitrogens with zero attached hydrogens (tertiary/aromatic N) is 4. The first-order chi connectivity index (χ1) is 7.66. The summed E-state index contributed by atoms with van der Waals surface area (Å²) >= 11 is 0. The average Bonchev–Trinajstić information content (AvgIpc) is 2.64. The van der Waals surface area contributed by atoms with Crippen molar-refractivity contribution in [3.05, 3.63) is 35.7 Å². The number of hydrogen-bond acceptors (Lipinski definition) is 5. The fraction of sp³-hybridized carbons (Fsp3) is 0.200. The minimum Gasteiger partial charge on any atom is -0.398 e. The van der Waals surface area contributed by atoms with Gasteiger partial charge < -0.3 is 5.73 Å². The van der Waals surface area contributed by atoms with E-state index < -0.39 is 0 Å². The summed E-state index contributed by atoms with van der Waals surface area (Å²) < 4.78 is 0. The van der Waals surface area contributed by atoms with Crippen LogP contribution in [0.5, 0.6) is 0 Å². The molecule has 0 spiro atoms. The van der Waals surface area contributed by atoms with E-state index in [-0.39, 0.29) is 12.2 Å². The van der Waals surface area contributed by atoms with Gasteiger partial charge in [-0.15, -0.1) is 10.2 Å². The van der Waals surface area contributed by atoms with Gasteiger partial charge in [-0.05, 0) is 17.3 Å². The third-order valence-corrected chi connectivity index (χ3v) is 2.13. The molecule has 0 fully saturated rings. The highest BCUT2D eigenvalue weighted by molar-refractivity contribution is 6.01. The third-order valence-electron chi connectivity index (χ3n) is 2.13. The minimum atomic E-state index is -0.105. The van der Waals surface area contributed by atoms with Gasteiger partial charge in [-0.1, -0.05) is 12.1 Å². The van der Waals surface area contributed by atoms with E-state index in [0.29, 0.717) is 17.1 Å². The van der Waals surface area contributed by atoms with Gasteiger partial charge in [0.15, 0.2) is 11.6 Å². The van der Waals surface area contributed by atoms with E-state index in [9.17, 15) is 4.79 Å². The number of nitrogens with two attached hydrogens (primary N) is 1. The molecule has 0 bridgehead atoms. The maximum Gasteiger partial charge on any atom is 0.182 e. The Labute approximate surface area is 92.1 Å². The molecule has 0 aliphatic rings. The number of nitrogen functional groups attached to an aromatic ring is 1. The van der Waals surface area contributed by atoms with Crippen molar-refractivity contribution in [3.8, 4) is 0 Å². The zero-order valence-corrected chi connectivity index (χ0v) is 8.79. The number of anilines is 1. The van der Waals surface area contributed by atoms with Crippen molar-refractivity contribution in [1.29, 1.82) is 0 Å². The topological polar surface area (TPSA) is 86.7 Å². The van der Waals surface area contributed by atoms with Crippen LogP contribution in [0.3, 0.4) is 0 Å². The lowest BCUT2D eigenvalue weighted by molar-refractivity contribution is 0.0991. The van der Waals surface area contributed by atoms with Crippen molar-refractivity contribution in [2.24, 2.45) is 7.05 Å². The Morgan fingerprint density at radius 2 is 2.19 bits per heavy atom. The summed E-state index contributed by atoms with van der Waals surface area (Å²) in [5.41, 5.74) is 6.66. The molecule has 1 aromatic heterocycles. The monoisotopic (exact) mass is 217 g/mol. The Balaban J connectivity index is 2.18. The van der Waals surface area contributed by atoms with Crippen molar-refractivity contribution in [1.82, 2.24) is 20.2 Å². The molecule has 0 aliphatic carbocycles. The highest BCUT2D eigenvalue weighted by atomic mass is 16.1. The summed E-state index contributed by atoms with van der Waals surface area (Å²) in [7, 11) is 1.65. The molecule has 2 aromatic rings. The van der Waals surface area contributed by atoms with Gasteiger partial charge in [0, 0.05) is 11.3 Å². The standard InChI is InChI=1S/C10H11N5O/c1-15-13-10(12-14-15)6-9(16)7-4-2-3-5-8(7)11/h2-5H,6,11H2,1H3. The Kier molecular flexibility index (Phi) is 2.63. The number of rotatable bonds is 3. The van der Waals surface area contributed by atoms with Crippen molar-refractivity contribution < 1.29 is 4.79 Å². The van der Waals surface area contributed by atoms with Gasteiger partial charge in [-0.2, -0.15) is 4.80 Å². The van der Waals surface area contributed by atoms with Gasteiger partial charge >= 0.3 is 0 Å². The van der Waals surface area contributed by atoms with Crippen LogP contribution in [-0.2, 0) is 13.5 Å². The van der Waals surface area contributed by atoms with Crippen LogP contribution >= 0.6 is 0 Å². The average molecular weight is 217 g/mol. The third kappa shape index (κ3) is 2.05. The molecule has 16 heavy (non-hydrogen) atoms. The van der Waals surface area contributed by atoms with E-state index in [1.807, 2.05) is 0 Å². The van der Waals surface area contributed by atoms with Crippen molar-refractivity contribution >= 4 is 11.5 Å². The molecule has 0 amide bonds. The van der Waals surface area contributed by atoms with Crippen LogP contribution < -0.4 is 5.73 Å². The van der Waals surface area contributed by atoms with Crippen LogP contribution in [0.2, 0.25) is 0 Å². The summed E-state index contributed by atoms with van der Waals surface area (Å²) in [6.45, 7) is 0. The number of carbonyl (C=O) groups excluding carboxylic acids is 1. The van der Waals surface area contributed by atoms with Crippen LogP contribution in [0.15, 0.2) is 24.3 Å². The zero-order chi connectivity index (χ0) is 11.5. The summed E-state index contributed by atoms with van der Waals surface area (Å²) in [6, 6.07) is 6.94. The Morgan fingerprint density at radius 1 is 1.44 bits per heavy atom. The second kappa shape index (κ2) is 4.09. The summed E-state index contributed by atoms with van der Waals surface area (Å²) in [4.78, 5) is 13.2. The molecular formula is C10H11N5O. The second-order valence-corrected chi connectivity index (χ2v) is 3.38. The number of benzene rings is 1. The molecular weight excluding hydrogens is 206 g/mol. The Morgan fingerprint density at radius 3 is 2.81 bits per heavy atom. The molecule has 1 aromatic carbocycles. The van der Waals surface area contributed by atoms with E-state index in [0.717, 1.165) is 0 Å². The first-order valence-corrected chi connectivity index (χ1v) is 4.77. The highest BCUT2D eigenvalue weighted by Gasteiger charge is 2.12. The number of hydrogen-bond donors (Lipinski definition) is 1. The molecule has 0 unspecified atom stereocenters. The fourth-order valence-electron chi connectivity index (χ4n) is 1.38. The normalized spacial score (nSPS) is 10.3. The number of para-hydroxylation sites is 1. The van der Waals surface area contributed by atoms with Crippen molar-refractivity contribution in [3.63, 3.8) is 0 Å². The van der Waals surface area contributed by atoms with Crippen LogP contribution in [0.1, 0.15) is 16.2 Å². The zero-order valence-electron chi connectivity index (χ0n) is 8.79. The molecule has 0 radical (unpaired) electrons. The second-order valence-electron chi connectivity index (χ2n) is 3.38. The molecule has 0 atom stereocenters.